The zero-order valence-corrected chi connectivity index (χ0v) is 17.3. The Hall–Kier alpha value is -2.49. The van der Waals surface area contributed by atoms with Crippen LogP contribution in [0.2, 0.25) is 0 Å². The van der Waals surface area contributed by atoms with Crippen LogP contribution in [-0.4, -0.2) is 11.6 Å². The third-order valence-electron chi connectivity index (χ3n) is 4.64. The normalized spacial score (nSPS) is 11.8. The Morgan fingerprint density at radius 3 is 1.89 bits per heavy atom. The van der Waals surface area contributed by atoms with Crippen molar-refractivity contribution in [3.8, 4) is 0 Å². The van der Waals surface area contributed by atoms with Crippen molar-refractivity contribution in [1.29, 1.82) is 0 Å². The summed E-state index contributed by atoms with van der Waals surface area (Å²) in [6.45, 7) is 12.8. The molecule has 0 aromatic heterocycles. The van der Waals surface area contributed by atoms with E-state index in [1.807, 2.05) is 45.0 Å². The summed E-state index contributed by atoms with van der Waals surface area (Å²) in [6.07, 6.45) is 0.705. The van der Waals surface area contributed by atoms with Crippen molar-refractivity contribution in [2.24, 2.45) is 0 Å². The summed E-state index contributed by atoms with van der Waals surface area (Å²) in [6, 6.07) is 16.5. The van der Waals surface area contributed by atoms with Crippen LogP contribution in [0.4, 0.5) is 16.2 Å². The van der Waals surface area contributed by atoms with Gasteiger partial charge in [-0.1, -0.05) is 45.0 Å². The molecule has 0 unspecified atom stereocenters. The lowest BCUT2D eigenvalue weighted by atomic mass is 9.82. The number of nitrogens with one attached hydrogen (secondary N) is 2. The highest BCUT2D eigenvalue weighted by molar-refractivity contribution is 5.68. The first kappa shape index (κ1) is 20.8. The summed E-state index contributed by atoms with van der Waals surface area (Å²) >= 11 is 0. The van der Waals surface area contributed by atoms with E-state index in [0.717, 1.165) is 23.4 Å². The number of hydrogen-bond donors (Lipinski definition) is 2. The summed E-state index contributed by atoms with van der Waals surface area (Å²) in [4.78, 5) is 11.7. The minimum absolute atomic E-state index is 0.194. The fourth-order valence-electron chi connectivity index (χ4n) is 2.55. The van der Waals surface area contributed by atoms with Crippen LogP contribution < -0.4 is 10.6 Å². The van der Waals surface area contributed by atoms with E-state index >= 15 is 0 Å². The number of ether oxygens (including phenoxy) is 1. The van der Waals surface area contributed by atoms with Crippen LogP contribution in [0.5, 0.6) is 0 Å². The third-order valence-corrected chi connectivity index (χ3v) is 4.64. The maximum Gasteiger partial charge on any atom is 0.407 e. The van der Waals surface area contributed by atoms with Gasteiger partial charge in [0.1, 0.15) is 6.61 Å². The molecule has 0 radical (unpaired) electrons. The van der Waals surface area contributed by atoms with E-state index in [4.69, 9.17) is 4.74 Å². The van der Waals surface area contributed by atoms with Gasteiger partial charge >= 0.3 is 6.09 Å². The first-order valence-corrected chi connectivity index (χ1v) is 9.50. The molecule has 0 spiro atoms. The second-order valence-electron chi connectivity index (χ2n) is 8.59. The molecular formula is C23H32N2O2. The Morgan fingerprint density at radius 1 is 0.889 bits per heavy atom. The van der Waals surface area contributed by atoms with Crippen molar-refractivity contribution in [2.75, 3.05) is 5.32 Å². The van der Waals surface area contributed by atoms with Gasteiger partial charge < -0.3 is 15.4 Å². The minimum Gasteiger partial charge on any atom is -0.445 e. The summed E-state index contributed by atoms with van der Waals surface area (Å²) in [5.74, 6) is 0. The Morgan fingerprint density at radius 2 is 1.41 bits per heavy atom. The van der Waals surface area contributed by atoms with Crippen LogP contribution in [0.1, 0.15) is 59.1 Å². The first-order chi connectivity index (χ1) is 12.6. The van der Waals surface area contributed by atoms with E-state index in [2.05, 4.69) is 55.7 Å². The van der Waals surface area contributed by atoms with Crippen molar-refractivity contribution in [2.45, 2.75) is 65.5 Å². The Kier molecular flexibility index (Phi) is 6.53. The quantitative estimate of drug-likeness (QED) is 0.643. The van der Waals surface area contributed by atoms with Gasteiger partial charge in [0.05, 0.1) is 0 Å². The molecule has 4 heteroatoms. The number of amides is 1. The van der Waals surface area contributed by atoms with Gasteiger partial charge in [-0.15, -0.1) is 0 Å². The smallest absolute Gasteiger partial charge is 0.407 e. The fourth-order valence-corrected chi connectivity index (χ4v) is 2.55. The van der Waals surface area contributed by atoms with Gasteiger partial charge in [0, 0.05) is 16.9 Å². The van der Waals surface area contributed by atoms with E-state index in [9.17, 15) is 4.79 Å². The van der Waals surface area contributed by atoms with E-state index in [1.54, 1.807) is 0 Å². The standard InChI is InChI=1S/C23H32N2O2/c1-7-23(5,6)18-10-14-20(15-11-18)24-19-12-8-17(9-13-19)16-27-21(26)25-22(2,3)4/h8-15,24H,7,16H2,1-6H3,(H,25,26). The van der Waals surface area contributed by atoms with Crippen molar-refractivity contribution in [3.63, 3.8) is 0 Å². The van der Waals surface area contributed by atoms with Crippen molar-refractivity contribution in [1.82, 2.24) is 5.32 Å². The summed E-state index contributed by atoms with van der Waals surface area (Å²) < 4.78 is 5.25. The second-order valence-corrected chi connectivity index (χ2v) is 8.59. The van der Waals surface area contributed by atoms with Crippen molar-refractivity contribution in [3.05, 3.63) is 59.7 Å². The number of benzene rings is 2. The maximum absolute atomic E-state index is 11.7. The average molecular weight is 369 g/mol. The zero-order valence-electron chi connectivity index (χ0n) is 17.3. The molecule has 1 amide bonds. The SMILES string of the molecule is CCC(C)(C)c1ccc(Nc2ccc(COC(=O)NC(C)(C)C)cc2)cc1. The molecule has 27 heavy (non-hydrogen) atoms. The first-order valence-electron chi connectivity index (χ1n) is 9.50. The molecule has 0 atom stereocenters. The highest BCUT2D eigenvalue weighted by Gasteiger charge is 2.17. The number of carbonyl (C=O) groups is 1. The van der Waals surface area contributed by atoms with Gasteiger partial charge in [-0.3, -0.25) is 0 Å². The van der Waals surface area contributed by atoms with Gasteiger partial charge in [-0.25, -0.2) is 4.79 Å². The molecule has 0 fully saturated rings. The largest absolute Gasteiger partial charge is 0.445 e. The number of carbonyl (C=O) groups excluding carboxylic acids is 1. The van der Waals surface area contributed by atoms with Crippen LogP contribution in [0.3, 0.4) is 0 Å². The predicted molar refractivity (Wildman–Crippen MR) is 113 cm³/mol. The third kappa shape index (κ3) is 6.63. The molecular weight excluding hydrogens is 336 g/mol. The van der Waals surface area contributed by atoms with Gasteiger partial charge in [0.25, 0.3) is 0 Å². The average Bonchev–Trinajstić information content (AvgIpc) is 2.60. The number of rotatable bonds is 6. The Labute approximate surface area is 163 Å². The molecule has 2 aromatic rings. The van der Waals surface area contributed by atoms with Crippen molar-refractivity contribution >= 4 is 17.5 Å². The lowest BCUT2D eigenvalue weighted by Gasteiger charge is -2.23. The highest BCUT2D eigenvalue weighted by Crippen LogP contribution is 2.28. The van der Waals surface area contributed by atoms with Crippen LogP contribution >= 0.6 is 0 Å². The lowest BCUT2D eigenvalue weighted by molar-refractivity contribution is 0.131. The Bertz CT molecular complexity index is 741. The zero-order chi connectivity index (χ0) is 20.1. The second kappa shape index (κ2) is 8.47. The molecule has 0 aliphatic heterocycles. The van der Waals surface area contributed by atoms with E-state index in [0.29, 0.717) is 0 Å². The summed E-state index contributed by atoms with van der Waals surface area (Å²) in [5, 5.41) is 6.18. The summed E-state index contributed by atoms with van der Waals surface area (Å²) in [7, 11) is 0. The van der Waals surface area contributed by atoms with Gasteiger partial charge in [0.2, 0.25) is 0 Å². The number of hydrogen-bond acceptors (Lipinski definition) is 3. The van der Waals surface area contributed by atoms with Crippen molar-refractivity contribution < 1.29 is 9.53 Å². The van der Waals surface area contributed by atoms with E-state index in [-0.39, 0.29) is 17.6 Å². The monoisotopic (exact) mass is 368 g/mol. The molecule has 0 saturated carbocycles. The molecule has 0 bridgehead atoms. The molecule has 2 aromatic carbocycles. The van der Waals surface area contributed by atoms with Crippen LogP contribution in [0.15, 0.2) is 48.5 Å². The predicted octanol–water partition coefficient (Wildman–Crippen LogP) is 6.14. The Balaban J connectivity index is 1.91. The highest BCUT2D eigenvalue weighted by atomic mass is 16.5. The van der Waals surface area contributed by atoms with Gasteiger partial charge in [-0.05, 0) is 68.0 Å². The fraction of sp³-hybridized carbons (Fsp3) is 0.435. The molecule has 0 aliphatic carbocycles. The van der Waals surface area contributed by atoms with Crippen LogP contribution in [0, 0.1) is 0 Å². The van der Waals surface area contributed by atoms with Crippen LogP contribution in [0.25, 0.3) is 0 Å². The van der Waals surface area contributed by atoms with E-state index in [1.165, 1.54) is 5.56 Å². The number of anilines is 2. The maximum atomic E-state index is 11.7. The van der Waals surface area contributed by atoms with Crippen LogP contribution in [-0.2, 0) is 16.8 Å². The molecule has 146 valence electrons. The topological polar surface area (TPSA) is 50.4 Å². The summed E-state index contributed by atoms with van der Waals surface area (Å²) in [5.41, 5.74) is 4.24. The molecule has 2 rings (SSSR count). The van der Waals surface area contributed by atoms with E-state index < -0.39 is 6.09 Å². The molecule has 0 aliphatic rings. The molecule has 0 saturated heterocycles. The van der Waals surface area contributed by atoms with Gasteiger partial charge in [0.15, 0.2) is 0 Å². The lowest BCUT2D eigenvalue weighted by Crippen LogP contribution is -2.40. The molecule has 0 heterocycles. The number of alkyl carbamates (subject to hydrolysis) is 1. The minimum atomic E-state index is -0.403. The van der Waals surface area contributed by atoms with Gasteiger partial charge in [-0.2, -0.15) is 0 Å². The molecule has 4 nitrogen and oxygen atoms in total. The molecule has 2 N–H and O–H groups in total.